The Labute approximate surface area is 127 Å². The minimum atomic E-state index is -1.14. The van der Waals surface area contributed by atoms with Crippen molar-refractivity contribution in [2.45, 2.75) is 25.3 Å². The second-order valence-corrected chi connectivity index (χ2v) is 4.94. The van der Waals surface area contributed by atoms with Crippen molar-refractivity contribution in [1.82, 2.24) is 0 Å². The third-order valence-electron chi connectivity index (χ3n) is 3.24. The highest BCUT2D eigenvalue weighted by Gasteiger charge is 2.21. The molecule has 6 nitrogen and oxygen atoms in total. The standard InChI is InChI=1S/C15H20FNO5/c16-7-8-22-12-4-1-10(2-5-12)9-11(14(18)19)3-6-13(17)15(20)21/h1-2,4-5,11,13H,3,6-9,17H2,(H,18,19)(H,20,21)/t11-,13+/m1/s1/i16-1. The van der Waals surface area contributed by atoms with E-state index in [2.05, 4.69) is 0 Å². The summed E-state index contributed by atoms with van der Waals surface area (Å²) >= 11 is 0. The zero-order valence-electron chi connectivity index (χ0n) is 12.1. The van der Waals surface area contributed by atoms with Gasteiger partial charge in [0.15, 0.2) is 0 Å². The van der Waals surface area contributed by atoms with Gasteiger partial charge in [-0.3, -0.25) is 9.59 Å². The van der Waals surface area contributed by atoms with Crippen LogP contribution in [-0.4, -0.2) is 41.5 Å². The lowest BCUT2D eigenvalue weighted by Crippen LogP contribution is -2.31. The number of nitrogens with two attached hydrogens (primary N) is 1. The minimum absolute atomic E-state index is 0.0236. The number of carboxylic acids is 2. The molecule has 0 aliphatic carbocycles. The van der Waals surface area contributed by atoms with Crippen LogP contribution in [0.4, 0.5) is 4.39 Å². The third kappa shape index (κ3) is 6.09. The maximum atomic E-state index is 12.0. The average molecular weight is 312 g/mol. The van der Waals surface area contributed by atoms with Crippen LogP contribution in [-0.2, 0) is 16.0 Å². The molecule has 4 N–H and O–H groups in total. The monoisotopic (exact) mass is 312 g/mol. The normalized spacial score (nSPS) is 13.4. The predicted molar refractivity (Wildman–Crippen MR) is 77.6 cm³/mol. The van der Waals surface area contributed by atoms with Gasteiger partial charge in [0.1, 0.15) is 25.1 Å². The van der Waals surface area contributed by atoms with Crippen molar-refractivity contribution in [1.29, 1.82) is 0 Å². The summed E-state index contributed by atoms with van der Waals surface area (Å²) < 4.78 is 17.1. The van der Waals surface area contributed by atoms with Gasteiger partial charge in [0.25, 0.3) is 0 Å². The molecule has 2 atom stereocenters. The summed E-state index contributed by atoms with van der Waals surface area (Å²) in [6, 6.07) is 5.65. The molecular weight excluding hydrogens is 292 g/mol. The highest BCUT2D eigenvalue weighted by Crippen LogP contribution is 2.18. The molecule has 1 aromatic carbocycles. The van der Waals surface area contributed by atoms with E-state index in [0.29, 0.717) is 5.75 Å². The zero-order chi connectivity index (χ0) is 16.5. The number of rotatable bonds is 10. The Balaban J connectivity index is 2.59. The lowest BCUT2D eigenvalue weighted by Gasteiger charge is -2.14. The summed E-state index contributed by atoms with van der Waals surface area (Å²) in [5.41, 5.74) is 6.17. The number of carbonyl (C=O) groups is 2. The van der Waals surface area contributed by atoms with Crippen LogP contribution < -0.4 is 10.5 Å². The Morgan fingerprint density at radius 2 is 1.77 bits per heavy atom. The number of benzene rings is 1. The summed E-state index contributed by atoms with van der Waals surface area (Å²) in [7, 11) is 0. The molecule has 0 heterocycles. The summed E-state index contributed by atoms with van der Waals surface area (Å²) in [6.07, 6.45) is 0.554. The lowest BCUT2D eigenvalue weighted by molar-refractivity contribution is -0.143. The van der Waals surface area contributed by atoms with E-state index >= 15 is 0 Å². The fraction of sp³-hybridized carbons (Fsp3) is 0.467. The second-order valence-electron chi connectivity index (χ2n) is 4.94. The van der Waals surface area contributed by atoms with Gasteiger partial charge in [0.2, 0.25) is 0 Å². The minimum Gasteiger partial charge on any atom is -0.491 e. The second kappa shape index (κ2) is 8.99. The van der Waals surface area contributed by atoms with Gasteiger partial charge < -0.3 is 20.7 Å². The van der Waals surface area contributed by atoms with Crippen LogP contribution in [0.3, 0.4) is 0 Å². The number of halogens is 1. The quantitative estimate of drug-likeness (QED) is 0.603. The Morgan fingerprint density at radius 3 is 2.27 bits per heavy atom. The lowest BCUT2D eigenvalue weighted by atomic mass is 9.93. The first-order valence-corrected chi connectivity index (χ1v) is 6.93. The van der Waals surface area contributed by atoms with E-state index < -0.39 is 30.6 Å². The number of hydrogen-bond acceptors (Lipinski definition) is 4. The number of alkyl halides is 1. The summed E-state index contributed by atoms with van der Waals surface area (Å²) in [4.78, 5) is 21.9. The molecule has 0 spiro atoms. The molecule has 0 aromatic heterocycles. The largest absolute Gasteiger partial charge is 0.491 e. The highest BCUT2D eigenvalue weighted by molar-refractivity contribution is 5.73. The highest BCUT2D eigenvalue weighted by atomic mass is 18.2. The van der Waals surface area contributed by atoms with Crippen LogP contribution in [0.25, 0.3) is 0 Å². The van der Waals surface area contributed by atoms with Gasteiger partial charge in [-0.1, -0.05) is 12.1 Å². The maximum absolute atomic E-state index is 12.0. The third-order valence-corrected chi connectivity index (χ3v) is 3.24. The molecule has 122 valence electrons. The van der Waals surface area contributed by atoms with E-state index in [1.165, 1.54) is 0 Å². The number of aliphatic carboxylic acids is 2. The molecule has 0 saturated carbocycles. The molecule has 1 rings (SSSR count). The van der Waals surface area contributed by atoms with Crippen LogP contribution >= 0.6 is 0 Å². The van der Waals surface area contributed by atoms with Crippen molar-refractivity contribution in [2.24, 2.45) is 11.7 Å². The van der Waals surface area contributed by atoms with Crippen molar-refractivity contribution in [3.05, 3.63) is 29.8 Å². The summed E-state index contributed by atoms with van der Waals surface area (Å²) in [5.74, 6) is -2.32. The smallest absolute Gasteiger partial charge is 0.320 e. The topological polar surface area (TPSA) is 110 Å². The molecule has 0 aliphatic heterocycles. The summed E-state index contributed by atoms with van der Waals surface area (Å²) in [5, 5.41) is 17.9. The van der Waals surface area contributed by atoms with Crippen LogP contribution in [0.5, 0.6) is 5.75 Å². The summed E-state index contributed by atoms with van der Waals surface area (Å²) in [6.45, 7) is -0.600. The van der Waals surface area contributed by atoms with Gasteiger partial charge in [0, 0.05) is 0 Å². The molecular formula is C15H20FNO5. The SMILES string of the molecule is N[C@@H](CC[C@H](Cc1ccc(OCC[18F])cc1)C(=O)O)C(=O)O. The molecule has 7 heteroatoms. The molecule has 0 radical (unpaired) electrons. The molecule has 0 unspecified atom stereocenters. The van der Waals surface area contributed by atoms with Crippen molar-refractivity contribution in [3.8, 4) is 5.75 Å². The molecule has 0 saturated heterocycles. The van der Waals surface area contributed by atoms with Gasteiger partial charge in [-0.2, -0.15) is 0 Å². The number of carboxylic acid groups (broad SMARTS) is 2. The Morgan fingerprint density at radius 1 is 1.14 bits per heavy atom. The first-order chi connectivity index (χ1) is 10.4. The van der Waals surface area contributed by atoms with Gasteiger partial charge in [-0.05, 0) is 37.0 Å². The van der Waals surface area contributed by atoms with Crippen LogP contribution in [0.2, 0.25) is 0 Å². The molecule has 0 aliphatic rings. The van der Waals surface area contributed by atoms with E-state index in [1.54, 1.807) is 24.3 Å². The van der Waals surface area contributed by atoms with Crippen molar-refractivity contribution < 1.29 is 28.9 Å². The first-order valence-electron chi connectivity index (χ1n) is 6.93. The van der Waals surface area contributed by atoms with E-state index in [-0.39, 0.29) is 25.9 Å². The molecule has 0 fully saturated rings. The average Bonchev–Trinajstić information content (AvgIpc) is 2.49. The fourth-order valence-electron chi connectivity index (χ4n) is 1.98. The van der Waals surface area contributed by atoms with E-state index in [9.17, 15) is 19.1 Å². The number of ether oxygens (including phenoxy) is 1. The predicted octanol–water partition coefficient (Wildman–Crippen LogP) is 1.47. The van der Waals surface area contributed by atoms with Gasteiger partial charge in [-0.15, -0.1) is 0 Å². The van der Waals surface area contributed by atoms with Crippen molar-refractivity contribution >= 4 is 11.9 Å². The van der Waals surface area contributed by atoms with Crippen LogP contribution in [0, 0.1) is 5.92 Å². The van der Waals surface area contributed by atoms with Crippen LogP contribution in [0.15, 0.2) is 24.3 Å². The van der Waals surface area contributed by atoms with E-state index in [0.717, 1.165) is 5.56 Å². The van der Waals surface area contributed by atoms with Gasteiger partial charge in [0.05, 0.1) is 5.92 Å². The van der Waals surface area contributed by atoms with Crippen LogP contribution in [0.1, 0.15) is 18.4 Å². The van der Waals surface area contributed by atoms with Gasteiger partial charge >= 0.3 is 11.9 Å². The van der Waals surface area contributed by atoms with E-state index in [1.807, 2.05) is 0 Å². The van der Waals surface area contributed by atoms with Crippen molar-refractivity contribution in [3.63, 3.8) is 0 Å². The molecule has 1 aromatic rings. The Kier molecular flexibility index (Phi) is 7.31. The Bertz CT molecular complexity index is 491. The molecule has 0 amide bonds. The zero-order valence-corrected chi connectivity index (χ0v) is 12.1. The molecule has 0 bridgehead atoms. The first kappa shape index (κ1) is 17.9. The number of hydrogen-bond donors (Lipinski definition) is 3. The van der Waals surface area contributed by atoms with E-state index in [4.69, 9.17) is 15.6 Å². The van der Waals surface area contributed by atoms with Gasteiger partial charge in [-0.25, -0.2) is 4.39 Å². The maximum Gasteiger partial charge on any atom is 0.320 e. The fourth-order valence-corrected chi connectivity index (χ4v) is 1.98. The van der Waals surface area contributed by atoms with Crippen molar-refractivity contribution in [2.75, 3.05) is 13.3 Å². The Hall–Kier alpha value is -2.15. The molecule has 22 heavy (non-hydrogen) atoms.